The predicted octanol–water partition coefficient (Wildman–Crippen LogP) is 3.78. The van der Waals surface area contributed by atoms with E-state index in [1.165, 1.54) is 18.2 Å². The van der Waals surface area contributed by atoms with Crippen LogP contribution in [0.4, 0.5) is 11.4 Å². The maximum absolute atomic E-state index is 12.8. The van der Waals surface area contributed by atoms with Crippen LogP contribution in [0.15, 0.2) is 30.5 Å². The monoisotopic (exact) mass is 397 g/mol. The van der Waals surface area contributed by atoms with E-state index < -0.39 is 5.97 Å². The molecule has 2 N–H and O–H groups in total. The zero-order chi connectivity index (χ0) is 21.6. The Balaban J connectivity index is 2.15. The third-order valence-corrected chi connectivity index (χ3v) is 6.16. The van der Waals surface area contributed by atoms with Crippen molar-refractivity contribution in [1.29, 1.82) is 0 Å². The Hall–Kier alpha value is -2.60. The Morgan fingerprint density at radius 2 is 1.69 bits per heavy atom. The number of carbonyl (C=O) groups excluding carboxylic acids is 2. The molecule has 1 heterocycles. The minimum Gasteiger partial charge on any atom is -0.464 e. The largest absolute Gasteiger partial charge is 0.464 e. The number of carbonyl (C=O) groups is 2. The molecule has 0 saturated heterocycles. The first-order valence-corrected chi connectivity index (χ1v) is 9.94. The molecule has 0 radical (unpaired) electrons. The minimum atomic E-state index is -0.452. The van der Waals surface area contributed by atoms with Gasteiger partial charge in [-0.15, -0.1) is 0 Å². The molecule has 3 rings (SSSR count). The molecule has 1 amide bonds. The molecule has 6 heteroatoms. The van der Waals surface area contributed by atoms with Gasteiger partial charge in [-0.25, -0.2) is 4.79 Å². The zero-order valence-electron chi connectivity index (χ0n) is 18.2. The number of anilines is 2. The zero-order valence-corrected chi connectivity index (χ0v) is 18.2. The molecule has 0 bridgehead atoms. The fourth-order valence-electron chi connectivity index (χ4n) is 4.22. The van der Waals surface area contributed by atoms with Gasteiger partial charge in [0.25, 0.3) is 0 Å². The molecule has 0 aliphatic heterocycles. The van der Waals surface area contributed by atoms with Crippen molar-refractivity contribution in [3.05, 3.63) is 47.3 Å². The molecular formula is C23H31N3O3. The van der Waals surface area contributed by atoms with Crippen LogP contribution >= 0.6 is 0 Å². The van der Waals surface area contributed by atoms with Crippen molar-refractivity contribution in [2.75, 3.05) is 18.6 Å². The molecule has 0 fully saturated rings. The average Bonchev–Trinajstić information content (AvgIpc) is 3.06. The number of aromatic nitrogens is 1. The first-order chi connectivity index (χ1) is 13.5. The van der Waals surface area contributed by atoms with Crippen LogP contribution in [0.2, 0.25) is 0 Å². The first-order valence-electron chi connectivity index (χ1n) is 9.94. The number of hydrogen-bond acceptors (Lipinski definition) is 4. The van der Waals surface area contributed by atoms with Gasteiger partial charge in [-0.1, -0.05) is 33.8 Å². The molecule has 0 spiro atoms. The standard InChI is InChI=1S/C23H31N3O3/c1-22(2)9-10-23(3,4)18-11-15(7-8-17(18)22)26(20(27)13-24)16-12-19(21(28)29-6)25(5)14-16/h7-8,11-12,14H,9-10,13,24H2,1-6H3. The van der Waals surface area contributed by atoms with Crippen LogP contribution < -0.4 is 10.6 Å². The summed E-state index contributed by atoms with van der Waals surface area (Å²) in [6.45, 7) is 8.90. The molecular weight excluding hydrogens is 366 g/mol. The summed E-state index contributed by atoms with van der Waals surface area (Å²) in [7, 11) is 3.09. The number of benzene rings is 1. The Labute approximate surface area is 172 Å². The molecule has 29 heavy (non-hydrogen) atoms. The van der Waals surface area contributed by atoms with Gasteiger partial charge >= 0.3 is 5.97 Å². The second kappa shape index (κ2) is 7.34. The third kappa shape index (κ3) is 3.69. The van der Waals surface area contributed by atoms with E-state index in [4.69, 9.17) is 10.5 Å². The topological polar surface area (TPSA) is 77.6 Å². The number of ether oxygens (including phenoxy) is 1. The Morgan fingerprint density at radius 3 is 2.28 bits per heavy atom. The molecule has 0 atom stereocenters. The lowest BCUT2D eigenvalue weighted by molar-refractivity contribution is -0.116. The molecule has 0 unspecified atom stereocenters. The fraction of sp³-hybridized carbons (Fsp3) is 0.478. The van der Waals surface area contributed by atoms with Gasteiger partial charge in [0.15, 0.2) is 0 Å². The highest BCUT2D eigenvalue weighted by Crippen LogP contribution is 2.47. The number of methoxy groups -OCH3 is 1. The van der Waals surface area contributed by atoms with Crippen molar-refractivity contribution in [2.24, 2.45) is 12.8 Å². The highest BCUT2D eigenvalue weighted by molar-refractivity contribution is 6.03. The molecule has 156 valence electrons. The number of esters is 1. The van der Waals surface area contributed by atoms with Crippen LogP contribution in [0.5, 0.6) is 0 Å². The van der Waals surface area contributed by atoms with Crippen molar-refractivity contribution in [2.45, 2.75) is 51.4 Å². The van der Waals surface area contributed by atoms with Crippen molar-refractivity contribution < 1.29 is 14.3 Å². The van der Waals surface area contributed by atoms with Crippen LogP contribution in [0.25, 0.3) is 0 Å². The minimum absolute atomic E-state index is 0.0200. The van der Waals surface area contributed by atoms with Gasteiger partial charge in [-0.2, -0.15) is 0 Å². The molecule has 2 aromatic rings. The molecule has 6 nitrogen and oxygen atoms in total. The smallest absolute Gasteiger partial charge is 0.354 e. The summed E-state index contributed by atoms with van der Waals surface area (Å²) in [5.74, 6) is -0.688. The predicted molar refractivity (Wildman–Crippen MR) is 115 cm³/mol. The van der Waals surface area contributed by atoms with Crippen molar-refractivity contribution in [3.8, 4) is 0 Å². The lowest BCUT2D eigenvalue weighted by Gasteiger charge is -2.42. The number of rotatable bonds is 4. The normalized spacial score (nSPS) is 16.8. The molecule has 1 aliphatic rings. The number of nitrogens with two attached hydrogens (primary N) is 1. The van der Waals surface area contributed by atoms with E-state index in [0.29, 0.717) is 11.4 Å². The highest BCUT2D eigenvalue weighted by Gasteiger charge is 2.37. The fourth-order valence-corrected chi connectivity index (χ4v) is 4.22. The van der Waals surface area contributed by atoms with Gasteiger partial charge in [0.1, 0.15) is 5.69 Å². The molecule has 1 aromatic heterocycles. The third-order valence-electron chi connectivity index (χ3n) is 6.16. The number of fused-ring (bicyclic) bond motifs is 1. The summed E-state index contributed by atoms with van der Waals surface area (Å²) < 4.78 is 6.50. The maximum Gasteiger partial charge on any atom is 0.354 e. The summed E-state index contributed by atoms with van der Waals surface area (Å²) >= 11 is 0. The van der Waals surface area contributed by atoms with Crippen molar-refractivity contribution >= 4 is 23.3 Å². The summed E-state index contributed by atoms with van der Waals surface area (Å²) in [5.41, 5.74) is 10.1. The molecule has 0 saturated carbocycles. The Bertz CT molecular complexity index is 956. The summed E-state index contributed by atoms with van der Waals surface area (Å²) in [4.78, 5) is 26.4. The number of aryl methyl sites for hydroxylation is 1. The lowest BCUT2D eigenvalue weighted by atomic mass is 9.63. The maximum atomic E-state index is 12.8. The highest BCUT2D eigenvalue weighted by atomic mass is 16.5. The molecule has 1 aromatic carbocycles. The van der Waals surface area contributed by atoms with Gasteiger partial charge in [0.2, 0.25) is 5.91 Å². The van der Waals surface area contributed by atoms with Crippen LogP contribution in [0.3, 0.4) is 0 Å². The van der Waals surface area contributed by atoms with Gasteiger partial charge < -0.3 is 15.0 Å². The van der Waals surface area contributed by atoms with Crippen LogP contribution in [-0.2, 0) is 27.4 Å². The second-order valence-electron chi connectivity index (χ2n) is 9.12. The molecule has 1 aliphatic carbocycles. The van der Waals surface area contributed by atoms with Crippen molar-refractivity contribution in [3.63, 3.8) is 0 Å². The van der Waals surface area contributed by atoms with Crippen LogP contribution in [0, 0.1) is 0 Å². The van der Waals surface area contributed by atoms with Crippen LogP contribution in [0.1, 0.15) is 62.2 Å². The number of hydrogen-bond donors (Lipinski definition) is 1. The van der Waals surface area contributed by atoms with E-state index in [2.05, 4.69) is 39.8 Å². The van der Waals surface area contributed by atoms with E-state index in [1.54, 1.807) is 28.8 Å². The summed E-state index contributed by atoms with van der Waals surface area (Å²) in [6, 6.07) is 7.87. The van der Waals surface area contributed by atoms with Crippen molar-refractivity contribution in [1.82, 2.24) is 4.57 Å². The summed E-state index contributed by atoms with van der Waals surface area (Å²) in [5, 5.41) is 0. The van der Waals surface area contributed by atoms with Gasteiger partial charge in [-0.05, 0) is 53.0 Å². The van der Waals surface area contributed by atoms with E-state index in [-0.39, 0.29) is 23.3 Å². The van der Waals surface area contributed by atoms with E-state index >= 15 is 0 Å². The Morgan fingerprint density at radius 1 is 1.07 bits per heavy atom. The van der Waals surface area contributed by atoms with E-state index in [9.17, 15) is 9.59 Å². The SMILES string of the molecule is COC(=O)c1cc(N(C(=O)CN)c2ccc3c(c2)C(C)(C)CCC3(C)C)cn1C. The lowest BCUT2D eigenvalue weighted by Crippen LogP contribution is -2.35. The number of amides is 1. The quantitative estimate of drug-likeness (QED) is 0.797. The Kier molecular flexibility index (Phi) is 5.34. The van der Waals surface area contributed by atoms with E-state index in [1.807, 2.05) is 6.07 Å². The average molecular weight is 398 g/mol. The van der Waals surface area contributed by atoms with Gasteiger partial charge in [0, 0.05) is 18.9 Å². The van der Waals surface area contributed by atoms with Gasteiger partial charge in [0.05, 0.1) is 19.3 Å². The first kappa shape index (κ1) is 21.1. The number of nitrogens with zero attached hydrogens (tertiary/aromatic N) is 2. The summed E-state index contributed by atoms with van der Waals surface area (Å²) in [6.07, 6.45) is 3.95. The van der Waals surface area contributed by atoms with E-state index in [0.717, 1.165) is 18.5 Å². The second-order valence-corrected chi connectivity index (χ2v) is 9.12. The van der Waals surface area contributed by atoms with Crippen LogP contribution in [-0.4, -0.2) is 30.1 Å². The van der Waals surface area contributed by atoms with Gasteiger partial charge in [-0.3, -0.25) is 9.69 Å².